The van der Waals surface area contributed by atoms with Gasteiger partial charge in [0.15, 0.2) is 5.76 Å². The van der Waals surface area contributed by atoms with Crippen LogP contribution in [0.2, 0.25) is 0 Å². The van der Waals surface area contributed by atoms with Gasteiger partial charge in [-0.15, -0.1) is 11.8 Å². The zero-order chi connectivity index (χ0) is 20.3. The third-order valence-electron chi connectivity index (χ3n) is 4.26. The van der Waals surface area contributed by atoms with Gasteiger partial charge in [-0.2, -0.15) is 0 Å². The summed E-state index contributed by atoms with van der Waals surface area (Å²) < 4.78 is 5.83. The fourth-order valence-corrected chi connectivity index (χ4v) is 3.38. The van der Waals surface area contributed by atoms with Gasteiger partial charge in [0.2, 0.25) is 11.7 Å². The van der Waals surface area contributed by atoms with Crippen LogP contribution >= 0.6 is 11.8 Å². The maximum Gasteiger partial charge on any atom is 0.303 e. The average Bonchev–Trinajstić information content (AvgIpc) is 3.03. The van der Waals surface area contributed by atoms with E-state index in [-0.39, 0.29) is 30.3 Å². The predicted molar refractivity (Wildman–Crippen MR) is 108 cm³/mol. The number of benzene rings is 2. The van der Waals surface area contributed by atoms with Crippen LogP contribution < -0.4 is 5.32 Å². The van der Waals surface area contributed by atoms with Crippen molar-refractivity contribution in [3.8, 4) is 0 Å². The zero-order valence-electron chi connectivity index (χ0n) is 15.4. The number of anilines is 1. The molecule has 0 spiro atoms. The number of fused-ring (bicyclic) bond motifs is 1. The van der Waals surface area contributed by atoms with Gasteiger partial charge in [-0.1, -0.05) is 0 Å². The van der Waals surface area contributed by atoms with Gasteiger partial charge in [-0.3, -0.25) is 14.4 Å². The van der Waals surface area contributed by atoms with Crippen LogP contribution in [-0.4, -0.2) is 29.0 Å². The van der Waals surface area contributed by atoms with Crippen molar-refractivity contribution in [2.24, 2.45) is 0 Å². The molecule has 1 aromatic heterocycles. The summed E-state index contributed by atoms with van der Waals surface area (Å²) in [4.78, 5) is 36.4. The Morgan fingerprint density at radius 3 is 2.43 bits per heavy atom. The molecular weight excluding hydrogens is 378 g/mol. The Balaban J connectivity index is 2.06. The Morgan fingerprint density at radius 1 is 1.11 bits per heavy atom. The number of carbonyl (C=O) groups excluding carboxylic acids is 2. The van der Waals surface area contributed by atoms with Gasteiger partial charge < -0.3 is 14.8 Å². The largest absolute Gasteiger partial charge is 0.481 e. The molecule has 2 N–H and O–H groups in total. The maximum atomic E-state index is 13.0. The molecule has 1 amide bonds. The van der Waals surface area contributed by atoms with Crippen LogP contribution in [0.15, 0.2) is 51.8 Å². The number of carbonyl (C=O) groups is 3. The number of carboxylic acids is 1. The van der Waals surface area contributed by atoms with Crippen LogP contribution in [0.25, 0.3) is 11.0 Å². The van der Waals surface area contributed by atoms with Crippen molar-refractivity contribution in [2.45, 2.75) is 24.7 Å². The lowest BCUT2D eigenvalue weighted by Gasteiger charge is -2.03. The van der Waals surface area contributed by atoms with E-state index in [4.69, 9.17) is 9.52 Å². The van der Waals surface area contributed by atoms with Crippen molar-refractivity contribution in [2.75, 3.05) is 11.6 Å². The van der Waals surface area contributed by atoms with E-state index in [0.717, 1.165) is 4.90 Å². The first kappa shape index (κ1) is 19.7. The Labute approximate surface area is 165 Å². The van der Waals surface area contributed by atoms with E-state index in [9.17, 15) is 14.4 Å². The van der Waals surface area contributed by atoms with Crippen LogP contribution in [0.5, 0.6) is 0 Å². The number of amides is 1. The second-order valence-corrected chi connectivity index (χ2v) is 7.13. The Morgan fingerprint density at radius 2 is 1.82 bits per heavy atom. The quantitative estimate of drug-likeness (QED) is 0.454. The van der Waals surface area contributed by atoms with Gasteiger partial charge in [0, 0.05) is 46.5 Å². The van der Waals surface area contributed by atoms with Gasteiger partial charge in [0.05, 0.1) is 0 Å². The third kappa shape index (κ3) is 4.26. The number of nitrogens with one attached hydrogen (secondary N) is 1. The molecule has 0 saturated heterocycles. The number of hydrogen-bond donors (Lipinski definition) is 2. The van der Waals surface area contributed by atoms with E-state index < -0.39 is 5.97 Å². The lowest BCUT2D eigenvalue weighted by atomic mass is 10.0. The minimum atomic E-state index is -0.952. The second kappa shape index (κ2) is 8.31. The molecule has 3 aromatic rings. The predicted octanol–water partition coefficient (Wildman–Crippen LogP) is 4.36. The summed E-state index contributed by atoms with van der Waals surface area (Å²) in [5, 5.41) is 12.4. The summed E-state index contributed by atoms with van der Waals surface area (Å²) in [6, 6.07) is 12.2. The first-order valence-electron chi connectivity index (χ1n) is 8.62. The molecule has 1 heterocycles. The minimum absolute atomic E-state index is 0.117. The molecule has 0 saturated carbocycles. The molecule has 0 bridgehead atoms. The lowest BCUT2D eigenvalue weighted by molar-refractivity contribution is -0.137. The molecule has 0 atom stereocenters. The molecule has 0 radical (unpaired) electrons. The summed E-state index contributed by atoms with van der Waals surface area (Å²) >= 11 is 1.58. The van der Waals surface area contributed by atoms with Gasteiger partial charge in [-0.05, 0) is 49.1 Å². The van der Waals surface area contributed by atoms with Crippen LogP contribution in [0.4, 0.5) is 5.69 Å². The second-order valence-electron chi connectivity index (χ2n) is 6.25. The van der Waals surface area contributed by atoms with Gasteiger partial charge >= 0.3 is 5.97 Å². The number of hydrogen-bond acceptors (Lipinski definition) is 5. The highest BCUT2D eigenvalue weighted by Gasteiger charge is 2.22. The van der Waals surface area contributed by atoms with Crippen molar-refractivity contribution in [1.29, 1.82) is 0 Å². The summed E-state index contributed by atoms with van der Waals surface area (Å²) in [6.45, 7) is 1.40. The normalized spacial score (nSPS) is 10.8. The van der Waals surface area contributed by atoms with E-state index >= 15 is 0 Å². The summed E-state index contributed by atoms with van der Waals surface area (Å²) in [5.41, 5.74) is 2.00. The van der Waals surface area contributed by atoms with Gasteiger partial charge in [-0.25, -0.2) is 0 Å². The van der Waals surface area contributed by atoms with Crippen LogP contribution in [-0.2, 0) is 16.0 Å². The molecule has 0 aliphatic carbocycles. The Bertz CT molecular complexity index is 1050. The first-order valence-corrected chi connectivity index (χ1v) is 9.85. The molecule has 0 fully saturated rings. The maximum absolute atomic E-state index is 13.0. The van der Waals surface area contributed by atoms with Gasteiger partial charge in [0.1, 0.15) is 5.58 Å². The SMILES string of the molecule is CSc1ccc(C(=O)c2oc3cc(NC(C)=O)ccc3c2CCC(=O)O)cc1. The standard InChI is InChI=1S/C21H19NO5S/c1-12(23)22-14-5-8-16-17(9-10-19(24)25)21(27-18(16)11-14)20(26)13-3-6-15(28-2)7-4-13/h3-8,11H,9-10H2,1-2H3,(H,22,23)(H,24,25). The summed E-state index contributed by atoms with van der Waals surface area (Å²) in [7, 11) is 0. The Kier molecular flexibility index (Phi) is 5.84. The summed E-state index contributed by atoms with van der Waals surface area (Å²) in [6.07, 6.45) is 2.01. The highest BCUT2D eigenvalue weighted by molar-refractivity contribution is 7.98. The first-order chi connectivity index (χ1) is 13.4. The van der Waals surface area contributed by atoms with Crippen LogP contribution in [0, 0.1) is 0 Å². The Hall–Kier alpha value is -3.06. The molecular formula is C21H19NO5S. The molecule has 3 rings (SSSR count). The lowest BCUT2D eigenvalue weighted by Crippen LogP contribution is -2.05. The van der Waals surface area contributed by atoms with Gasteiger partial charge in [0.25, 0.3) is 0 Å². The molecule has 0 aliphatic rings. The molecule has 0 aliphatic heterocycles. The minimum Gasteiger partial charge on any atom is -0.481 e. The van der Waals surface area contributed by atoms with Crippen molar-refractivity contribution in [3.63, 3.8) is 0 Å². The van der Waals surface area contributed by atoms with E-state index in [0.29, 0.717) is 27.8 Å². The highest BCUT2D eigenvalue weighted by Crippen LogP contribution is 2.31. The van der Waals surface area contributed by atoms with Crippen LogP contribution in [0.1, 0.15) is 35.0 Å². The number of aryl methyl sites for hydroxylation is 1. The van der Waals surface area contributed by atoms with E-state index in [1.54, 1.807) is 42.1 Å². The van der Waals surface area contributed by atoms with Crippen molar-refractivity contribution in [1.82, 2.24) is 0 Å². The number of aliphatic carboxylic acids is 1. The molecule has 0 unspecified atom stereocenters. The van der Waals surface area contributed by atoms with E-state index in [1.807, 2.05) is 18.4 Å². The molecule has 28 heavy (non-hydrogen) atoms. The van der Waals surface area contributed by atoms with E-state index in [1.165, 1.54) is 6.92 Å². The van der Waals surface area contributed by atoms with Crippen molar-refractivity contribution in [3.05, 3.63) is 59.4 Å². The van der Waals surface area contributed by atoms with Crippen molar-refractivity contribution >= 4 is 46.1 Å². The number of ketones is 1. The number of carboxylic acid groups (broad SMARTS) is 1. The molecule has 2 aromatic carbocycles. The monoisotopic (exact) mass is 397 g/mol. The topological polar surface area (TPSA) is 96.6 Å². The zero-order valence-corrected chi connectivity index (χ0v) is 16.3. The fourth-order valence-electron chi connectivity index (χ4n) is 2.97. The number of furan rings is 1. The summed E-state index contributed by atoms with van der Waals surface area (Å²) in [5.74, 6) is -1.34. The average molecular weight is 397 g/mol. The van der Waals surface area contributed by atoms with Crippen molar-refractivity contribution < 1.29 is 23.9 Å². The smallest absolute Gasteiger partial charge is 0.303 e. The number of thioether (sulfide) groups is 1. The number of rotatable bonds is 7. The highest BCUT2D eigenvalue weighted by atomic mass is 32.2. The molecule has 144 valence electrons. The molecule has 6 nitrogen and oxygen atoms in total. The fraction of sp³-hybridized carbons (Fsp3) is 0.190. The van der Waals surface area contributed by atoms with E-state index in [2.05, 4.69) is 5.32 Å². The van der Waals surface area contributed by atoms with Crippen LogP contribution in [0.3, 0.4) is 0 Å². The molecule has 7 heteroatoms. The third-order valence-corrected chi connectivity index (χ3v) is 5.00.